The van der Waals surface area contributed by atoms with Gasteiger partial charge >= 0.3 is 6.09 Å². The molecule has 2 atom stereocenters. The lowest BCUT2D eigenvalue weighted by molar-refractivity contribution is 0.0122. The fourth-order valence-corrected chi connectivity index (χ4v) is 2.80. The van der Waals surface area contributed by atoms with E-state index in [9.17, 15) is 14.3 Å². The maximum absolute atomic E-state index is 13.1. The van der Waals surface area contributed by atoms with Crippen LogP contribution < -0.4 is 0 Å². The molecule has 22 heavy (non-hydrogen) atoms. The van der Waals surface area contributed by atoms with E-state index >= 15 is 0 Å². The molecule has 1 aromatic carbocycles. The van der Waals surface area contributed by atoms with Crippen LogP contribution in [0.15, 0.2) is 24.3 Å². The van der Waals surface area contributed by atoms with Crippen molar-refractivity contribution >= 4 is 6.09 Å². The van der Waals surface area contributed by atoms with E-state index in [0.717, 1.165) is 5.56 Å². The van der Waals surface area contributed by atoms with Crippen LogP contribution in [0.5, 0.6) is 0 Å². The molecule has 122 valence electrons. The molecule has 0 aromatic heterocycles. The summed E-state index contributed by atoms with van der Waals surface area (Å²) in [6.45, 7) is 6.61. The Morgan fingerprint density at radius 1 is 1.36 bits per heavy atom. The Kier molecular flexibility index (Phi) is 5.06. The van der Waals surface area contributed by atoms with Gasteiger partial charge < -0.3 is 14.7 Å². The zero-order valence-electron chi connectivity index (χ0n) is 13.4. The molecule has 0 spiro atoms. The van der Waals surface area contributed by atoms with Gasteiger partial charge in [0.25, 0.3) is 0 Å². The summed E-state index contributed by atoms with van der Waals surface area (Å²) >= 11 is 0. The molecule has 1 N–H and O–H groups in total. The molecule has 1 aromatic rings. The van der Waals surface area contributed by atoms with Crippen molar-refractivity contribution in [3.8, 4) is 0 Å². The highest BCUT2D eigenvalue weighted by atomic mass is 19.1. The lowest BCUT2D eigenvalue weighted by Gasteiger charge is -2.38. The Morgan fingerprint density at radius 3 is 2.55 bits per heavy atom. The predicted octanol–water partition coefficient (Wildman–Crippen LogP) is 3.16. The summed E-state index contributed by atoms with van der Waals surface area (Å²) in [7, 11) is 0. The molecule has 1 heterocycles. The van der Waals surface area contributed by atoms with Gasteiger partial charge in [0.2, 0.25) is 0 Å². The van der Waals surface area contributed by atoms with E-state index in [1.54, 1.807) is 17.0 Å². The molecule has 5 heteroatoms. The van der Waals surface area contributed by atoms with Crippen molar-refractivity contribution in [2.75, 3.05) is 19.7 Å². The number of amides is 1. The second-order valence-electron chi connectivity index (χ2n) is 6.82. The van der Waals surface area contributed by atoms with Crippen LogP contribution in [0.25, 0.3) is 0 Å². The number of halogens is 1. The minimum atomic E-state index is -0.531. The summed E-state index contributed by atoms with van der Waals surface area (Å²) in [5, 5.41) is 9.58. The van der Waals surface area contributed by atoms with Crippen LogP contribution in [0.2, 0.25) is 0 Å². The molecule has 0 aliphatic carbocycles. The van der Waals surface area contributed by atoms with Gasteiger partial charge in [0, 0.05) is 25.6 Å². The zero-order valence-corrected chi connectivity index (χ0v) is 13.4. The normalized spacial score (nSPS) is 22.5. The SMILES string of the molecule is CC(C)(C)OC(=O)N1CCC(CO)C(c2ccc(F)cc2)C1. The van der Waals surface area contributed by atoms with Gasteiger partial charge in [0.1, 0.15) is 11.4 Å². The Balaban J connectivity index is 2.13. The van der Waals surface area contributed by atoms with E-state index in [1.807, 2.05) is 20.8 Å². The van der Waals surface area contributed by atoms with Gasteiger partial charge in [-0.05, 0) is 50.8 Å². The van der Waals surface area contributed by atoms with Gasteiger partial charge in [-0.15, -0.1) is 0 Å². The number of benzene rings is 1. The zero-order chi connectivity index (χ0) is 16.3. The number of hydrogen-bond acceptors (Lipinski definition) is 3. The molecule has 0 radical (unpaired) electrons. The summed E-state index contributed by atoms with van der Waals surface area (Å²) in [5.74, 6) is -0.222. The van der Waals surface area contributed by atoms with E-state index in [1.165, 1.54) is 12.1 Å². The lowest BCUT2D eigenvalue weighted by atomic mass is 9.81. The largest absolute Gasteiger partial charge is 0.444 e. The first-order chi connectivity index (χ1) is 10.3. The molecule has 0 saturated carbocycles. The molecule has 1 aliphatic rings. The quantitative estimate of drug-likeness (QED) is 0.913. The summed E-state index contributed by atoms with van der Waals surface area (Å²) in [5.41, 5.74) is 0.407. The van der Waals surface area contributed by atoms with Crippen molar-refractivity contribution in [1.82, 2.24) is 4.90 Å². The van der Waals surface area contributed by atoms with Crippen LogP contribution in [-0.2, 0) is 4.74 Å². The number of piperidine rings is 1. The third-order valence-electron chi connectivity index (χ3n) is 3.94. The highest BCUT2D eigenvalue weighted by molar-refractivity contribution is 5.68. The second kappa shape index (κ2) is 6.65. The van der Waals surface area contributed by atoms with E-state index in [2.05, 4.69) is 0 Å². The number of nitrogens with zero attached hydrogens (tertiary/aromatic N) is 1. The maximum atomic E-state index is 13.1. The standard InChI is InChI=1S/C17H24FNO3/c1-17(2,3)22-16(21)19-9-8-13(11-20)15(10-19)12-4-6-14(18)7-5-12/h4-7,13,15,20H,8-11H2,1-3H3. The highest BCUT2D eigenvalue weighted by Gasteiger charge is 2.34. The highest BCUT2D eigenvalue weighted by Crippen LogP contribution is 2.33. The van der Waals surface area contributed by atoms with Crippen molar-refractivity contribution in [3.05, 3.63) is 35.6 Å². The molecule has 0 bridgehead atoms. The van der Waals surface area contributed by atoms with Crippen molar-refractivity contribution in [2.45, 2.75) is 38.7 Å². The summed E-state index contributed by atoms with van der Waals surface area (Å²) < 4.78 is 18.5. The molecule has 1 aliphatic heterocycles. The van der Waals surface area contributed by atoms with Crippen molar-refractivity contribution in [2.24, 2.45) is 5.92 Å². The number of ether oxygens (including phenoxy) is 1. The molecule has 1 amide bonds. The Morgan fingerprint density at radius 2 is 2.00 bits per heavy atom. The maximum Gasteiger partial charge on any atom is 0.410 e. The summed E-state index contributed by atoms with van der Waals surface area (Å²) in [6.07, 6.45) is 0.369. The molecule has 1 fully saturated rings. The first-order valence-electron chi connectivity index (χ1n) is 7.64. The lowest BCUT2D eigenvalue weighted by Crippen LogP contribution is -2.45. The number of carbonyl (C=O) groups is 1. The fraction of sp³-hybridized carbons (Fsp3) is 0.588. The average molecular weight is 309 g/mol. The fourth-order valence-electron chi connectivity index (χ4n) is 2.80. The predicted molar refractivity (Wildman–Crippen MR) is 82.1 cm³/mol. The van der Waals surface area contributed by atoms with Crippen LogP contribution >= 0.6 is 0 Å². The van der Waals surface area contributed by atoms with Crippen molar-refractivity contribution in [1.29, 1.82) is 0 Å². The third kappa shape index (κ3) is 4.19. The Bertz CT molecular complexity index is 510. The number of rotatable bonds is 2. The number of aliphatic hydroxyl groups excluding tert-OH is 1. The number of carbonyl (C=O) groups excluding carboxylic acids is 1. The van der Waals surface area contributed by atoms with E-state index in [0.29, 0.717) is 19.5 Å². The molecular weight excluding hydrogens is 285 g/mol. The summed E-state index contributed by atoms with van der Waals surface area (Å²) in [6, 6.07) is 6.27. The van der Waals surface area contributed by atoms with Crippen molar-refractivity contribution in [3.63, 3.8) is 0 Å². The minimum absolute atomic E-state index is 0.00753. The Labute approximate surface area is 130 Å². The molecular formula is C17H24FNO3. The molecule has 4 nitrogen and oxygen atoms in total. The average Bonchev–Trinajstić information content (AvgIpc) is 2.45. The molecule has 2 unspecified atom stereocenters. The first kappa shape index (κ1) is 16.7. The van der Waals surface area contributed by atoms with E-state index in [-0.39, 0.29) is 30.4 Å². The van der Waals surface area contributed by atoms with Crippen LogP contribution in [0.4, 0.5) is 9.18 Å². The molecule has 2 rings (SSSR count). The number of aliphatic hydroxyl groups is 1. The summed E-state index contributed by atoms with van der Waals surface area (Å²) in [4.78, 5) is 13.9. The van der Waals surface area contributed by atoms with Crippen LogP contribution in [0.1, 0.15) is 38.7 Å². The van der Waals surface area contributed by atoms with Crippen molar-refractivity contribution < 1.29 is 19.0 Å². The number of hydrogen-bond donors (Lipinski definition) is 1. The Hall–Kier alpha value is -1.62. The van der Waals surface area contributed by atoms with Gasteiger partial charge in [0.05, 0.1) is 0 Å². The van der Waals surface area contributed by atoms with Gasteiger partial charge in [-0.1, -0.05) is 12.1 Å². The first-order valence-corrected chi connectivity index (χ1v) is 7.64. The monoisotopic (exact) mass is 309 g/mol. The van der Waals surface area contributed by atoms with Crippen LogP contribution in [0, 0.1) is 11.7 Å². The number of likely N-dealkylation sites (tertiary alicyclic amines) is 1. The second-order valence-corrected chi connectivity index (χ2v) is 6.82. The van der Waals surface area contributed by atoms with E-state index in [4.69, 9.17) is 4.74 Å². The van der Waals surface area contributed by atoms with Crippen LogP contribution in [0.3, 0.4) is 0 Å². The minimum Gasteiger partial charge on any atom is -0.444 e. The van der Waals surface area contributed by atoms with Gasteiger partial charge in [-0.2, -0.15) is 0 Å². The smallest absolute Gasteiger partial charge is 0.410 e. The van der Waals surface area contributed by atoms with Crippen LogP contribution in [-0.4, -0.2) is 41.4 Å². The van der Waals surface area contributed by atoms with Gasteiger partial charge in [-0.3, -0.25) is 0 Å². The van der Waals surface area contributed by atoms with Gasteiger partial charge in [-0.25, -0.2) is 9.18 Å². The third-order valence-corrected chi connectivity index (χ3v) is 3.94. The van der Waals surface area contributed by atoms with E-state index < -0.39 is 5.60 Å². The topological polar surface area (TPSA) is 49.8 Å². The molecule has 1 saturated heterocycles. The van der Waals surface area contributed by atoms with Gasteiger partial charge in [0.15, 0.2) is 0 Å².